The summed E-state index contributed by atoms with van der Waals surface area (Å²) < 4.78 is 12.8. The first-order valence-electron chi connectivity index (χ1n) is 7.45. The Kier molecular flexibility index (Phi) is 6.13. The molecule has 0 aliphatic carbocycles. The number of hydrazone groups is 1. The first-order chi connectivity index (χ1) is 11.9. The zero-order chi connectivity index (χ0) is 18.4. The monoisotopic (exact) mass is 360 g/mol. The van der Waals surface area contributed by atoms with E-state index < -0.39 is 4.92 Å². The van der Waals surface area contributed by atoms with Crippen LogP contribution in [0.25, 0.3) is 0 Å². The average Bonchev–Trinajstić information content (AvgIpc) is 2.59. The van der Waals surface area contributed by atoms with Crippen molar-refractivity contribution >= 4 is 28.7 Å². The Morgan fingerprint density at radius 2 is 1.96 bits per heavy atom. The molecule has 0 amide bonds. The van der Waals surface area contributed by atoms with Crippen LogP contribution in [0.15, 0.2) is 47.6 Å². The van der Waals surface area contributed by atoms with Crippen LogP contribution in [-0.2, 0) is 6.54 Å². The zero-order valence-corrected chi connectivity index (χ0v) is 14.6. The van der Waals surface area contributed by atoms with Gasteiger partial charge in [0.2, 0.25) is 0 Å². The molecule has 0 spiro atoms. The molecule has 6 nitrogen and oxygen atoms in total. The number of hydrogen-bond donors (Lipinski definition) is 2. The molecule has 0 saturated carbocycles. The maximum atomic E-state index is 12.8. The van der Waals surface area contributed by atoms with Crippen LogP contribution in [0.1, 0.15) is 23.6 Å². The summed E-state index contributed by atoms with van der Waals surface area (Å²) in [6.45, 7) is 3.84. The second kappa shape index (κ2) is 8.29. The van der Waals surface area contributed by atoms with E-state index in [-0.39, 0.29) is 11.5 Å². The molecule has 0 unspecified atom stereocenters. The number of aryl methyl sites for hydroxylation is 1. The Hall–Kier alpha value is -2.87. The minimum Gasteiger partial charge on any atom is -0.357 e. The summed E-state index contributed by atoms with van der Waals surface area (Å²) in [6, 6.07) is 11.0. The van der Waals surface area contributed by atoms with Gasteiger partial charge < -0.3 is 5.32 Å². The quantitative estimate of drug-likeness (QED) is 0.370. The van der Waals surface area contributed by atoms with Gasteiger partial charge in [0.15, 0.2) is 5.11 Å². The summed E-state index contributed by atoms with van der Waals surface area (Å²) in [6.07, 6.45) is 0. The van der Waals surface area contributed by atoms with E-state index in [0.29, 0.717) is 28.5 Å². The summed E-state index contributed by atoms with van der Waals surface area (Å²) >= 11 is 5.12. The molecule has 2 aromatic rings. The Balaban J connectivity index is 1.96. The molecule has 0 radical (unpaired) electrons. The maximum absolute atomic E-state index is 12.8. The fourth-order valence-corrected chi connectivity index (χ4v) is 2.17. The van der Waals surface area contributed by atoms with Crippen LogP contribution in [0.2, 0.25) is 0 Å². The molecule has 0 atom stereocenters. The first-order valence-corrected chi connectivity index (χ1v) is 7.85. The molecule has 0 fully saturated rings. The van der Waals surface area contributed by atoms with Crippen molar-refractivity contribution in [2.75, 3.05) is 0 Å². The van der Waals surface area contributed by atoms with Crippen molar-refractivity contribution in [2.45, 2.75) is 20.4 Å². The van der Waals surface area contributed by atoms with Crippen molar-refractivity contribution in [3.8, 4) is 0 Å². The highest BCUT2D eigenvalue weighted by atomic mass is 32.1. The molecule has 130 valence electrons. The predicted octanol–water partition coefficient (Wildman–Crippen LogP) is 3.43. The normalized spacial score (nSPS) is 11.1. The first kappa shape index (κ1) is 18.5. The van der Waals surface area contributed by atoms with E-state index in [1.54, 1.807) is 38.1 Å². The molecule has 2 rings (SSSR count). The molecule has 0 bridgehead atoms. The molecule has 0 saturated heterocycles. The second-order valence-electron chi connectivity index (χ2n) is 5.38. The van der Waals surface area contributed by atoms with Gasteiger partial charge in [-0.05, 0) is 43.8 Å². The largest absolute Gasteiger partial charge is 0.357 e. The number of benzene rings is 2. The lowest BCUT2D eigenvalue weighted by molar-refractivity contribution is -0.385. The molecule has 0 heterocycles. The number of nitrogens with one attached hydrogen (secondary N) is 2. The van der Waals surface area contributed by atoms with Gasteiger partial charge in [-0.25, -0.2) is 4.39 Å². The molecule has 8 heteroatoms. The number of hydrogen-bond acceptors (Lipinski definition) is 4. The zero-order valence-electron chi connectivity index (χ0n) is 13.7. The number of halogens is 1. The Morgan fingerprint density at radius 3 is 2.60 bits per heavy atom. The molecule has 0 aromatic heterocycles. The predicted molar refractivity (Wildman–Crippen MR) is 99.0 cm³/mol. The third kappa shape index (κ3) is 5.32. The lowest BCUT2D eigenvalue weighted by Gasteiger charge is -2.08. The summed E-state index contributed by atoms with van der Waals surface area (Å²) in [4.78, 5) is 10.6. The van der Waals surface area contributed by atoms with Gasteiger partial charge in [-0.2, -0.15) is 5.10 Å². The Morgan fingerprint density at radius 1 is 1.28 bits per heavy atom. The summed E-state index contributed by atoms with van der Waals surface area (Å²) in [5.41, 5.74) is 5.39. The van der Waals surface area contributed by atoms with Gasteiger partial charge >= 0.3 is 0 Å². The topological polar surface area (TPSA) is 79.6 Å². The minimum absolute atomic E-state index is 0.0454. The van der Waals surface area contributed by atoms with Crippen LogP contribution in [0.3, 0.4) is 0 Å². The highest BCUT2D eigenvalue weighted by Crippen LogP contribution is 2.19. The molecule has 0 aliphatic heterocycles. The van der Waals surface area contributed by atoms with Gasteiger partial charge in [0.05, 0.1) is 10.6 Å². The minimum atomic E-state index is -0.422. The third-order valence-electron chi connectivity index (χ3n) is 3.52. The van der Waals surface area contributed by atoms with E-state index >= 15 is 0 Å². The van der Waals surface area contributed by atoms with Crippen molar-refractivity contribution in [1.82, 2.24) is 10.7 Å². The van der Waals surface area contributed by atoms with E-state index in [1.807, 2.05) is 0 Å². The van der Waals surface area contributed by atoms with Gasteiger partial charge in [0, 0.05) is 23.7 Å². The van der Waals surface area contributed by atoms with Gasteiger partial charge in [-0.15, -0.1) is 0 Å². The van der Waals surface area contributed by atoms with Crippen LogP contribution >= 0.6 is 12.2 Å². The summed E-state index contributed by atoms with van der Waals surface area (Å²) in [7, 11) is 0. The third-order valence-corrected chi connectivity index (χ3v) is 3.75. The molecule has 2 aromatic carbocycles. The van der Waals surface area contributed by atoms with Crippen molar-refractivity contribution < 1.29 is 9.31 Å². The van der Waals surface area contributed by atoms with E-state index in [1.165, 1.54) is 18.2 Å². The maximum Gasteiger partial charge on any atom is 0.272 e. The van der Waals surface area contributed by atoms with Gasteiger partial charge in [0.1, 0.15) is 5.82 Å². The smallest absolute Gasteiger partial charge is 0.272 e. The molecule has 0 aliphatic rings. The van der Waals surface area contributed by atoms with Gasteiger partial charge in [-0.1, -0.05) is 24.3 Å². The Bertz CT molecular complexity index is 822. The molecular formula is C17H17FN4O2S. The molecule has 2 N–H and O–H groups in total. The highest BCUT2D eigenvalue weighted by Gasteiger charge is 2.12. The fourth-order valence-electron chi connectivity index (χ4n) is 2.05. The van der Waals surface area contributed by atoms with E-state index in [0.717, 1.165) is 5.56 Å². The van der Waals surface area contributed by atoms with E-state index in [4.69, 9.17) is 12.2 Å². The number of nitrogens with zero attached hydrogens (tertiary/aromatic N) is 2. The van der Waals surface area contributed by atoms with Crippen LogP contribution in [0.4, 0.5) is 10.1 Å². The van der Waals surface area contributed by atoms with Crippen LogP contribution < -0.4 is 10.7 Å². The SMILES string of the molecule is C/C(=N/NC(=S)NCc1ccc(F)cc1)c1ccc(C)c([N+](=O)[O-])c1. The second-order valence-corrected chi connectivity index (χ2v) is 5.78. The van der Waals surface area contributed by atoms with Crippen LogP contribution in [-0.4, -0.2) is 15.7 Å². The number of thiocarbonyl (C=S) groups is 1. The standard InChI is InChI=1S/C17H17FN4O2S/c1-11-3-6-14(9-16(11)22(23)24)12(2)20-21-17(25)19-10-13-4-7-15(18)8-5-13/h3-9H,10H2,1-2H3,(H2,19,21,25)/b20-12-. The van der Waals surface area contributed by atoms with Crippen molar-refractivity contribution in [3.05, 3.63) is 75.1 Å². The van der Waals surface area contributed by atoms with Crippen LogP contribution in [0.5, 0.6) is 0 Å². The van der Waals surface area contributed by atoms with Gasteiger partial charge in [-0.3, -0.25) is 15.5 Å². The summed E-state index contributed by atoms with van der Waals surface area (Å²) in [5.74, 6) is -0.295. The summed E-state index contributed by atoms with van der Waals surface area (Å²) in [5, 5.41) is 18.4. The van der Waals surface area contributed by atoms with E-state index in [2.05, 4.69) is 15.8 Å². The molecule has 25 heavy (non-hydrogen) atoms. The highest BCUT2D eigenvalue weighted by molar-refractivity contribution is 7.80. The lowest BCUT2D eigenvalue weighted by atomic mass is 10.1. The van der Waals surface area contributed by atoms with Crippen molar-refractivity contribution in [3.63, 3.8) is 0 Å². The van der Waals surface area contributed by atoms with E-state index in [9.17, 15) is 14.5 Å². The fraction of sp³-hybridized carbons (Fsp3) is 0.176. The van der Waals surface area contributed by atoms with Gasteiger partial charge in [0.25, 0.3) is 5.69 Å². The number of rotatable bonds is 5. The van der Waals surface area contributed by atoms with Crippen molar-refractivity contribution in [1.29, 1.82) is 0 Å². The van der Waals surface area contributed by atoms with Crippen LogP contribution in [0, 0.1) is 22.9 Å². The van der Waals surface area contributed by atoms with Crippen molar-refractivity contribution in [2.24, 2.45) is 5.10 Å². The lowest BCUT2D eigenvalue weighted by Crippen LogP contribution is -2.32. The number of nitro benzene ring substituents is 1. The Labute approximate surface area is 149 Å². The average molecular weight is 360 g/mol. The number of nitro groups is 1. The molecular weight excluding hydrogens is 343 g/mol.